The number of aromatic nitrogens is 1. The monoisotopic (exact) mass is 434 g/mol. The van der Waals surface area contributed by atoms with E-state index in [1.54, 1.807) is 11.5 Å². The molecule has 1 unspecified atom stereocenters. The molecule has 1 atom stereocenters. The number of benzene rings is 2. The molecule has 1 aliphatic heterocycles. The summed E-state index contributed by atoms with van der Waals surface area (Å²) >= 11 is 0. The van der Waals surface area contributed by atoms with Gasteiger partial charge in [-0.2, -0.15) is 0 Å². The van der Waals surface area contributed by atoms with Gasteiger partial charge >= 0.3 is 0 Å². The maximum absolute atomic E-state index is 11.6. The molecule has 0 bridgehead atoms. The number of primary amides is 1. The van der Waals surface area contributed by atoms with Crippen LogP contribution >= 0.6 is 0 Å². The highest BCUT2D eigenvalue weighted by atomic mass is 16.6. The second-order valence-corrected chi connectivity index (χ2v) is 7.40. The van der Waals surface area contributed by atoms with Gasteiger partial charge in [-0.05, 0) is 48.4 Å². The topological polar surface area (TPSA) is 136 Å². The predicted molar refractivity (Wildman–Crippen MR) is 116 cm³/mol. The Balaban J connectivity index is 1.40. The number of carbonyl (C=O) groups is 2. The highest BCUT2D eigenvalue weighted by Crippen LogP contribution is 2.24. The number of hydroxylamine groups is 1. The molecule has 2 heterocycles. The summed E-state index contributed by atoms with van der Waals surface area (Å²) in [5.74, 6) is -0.379. The van der Waals surface area contributed by atoms with Crippen LogP contribution in [0.15, 0.2) is 59.8 Å². The van der Waals surface area contributed by atoms with Gasteiger partial charge in [-0.3, -0.25) is 14.8 Å². The third-order valence-corrected chi connectivity index (χ3v) is 5.19. The van der Waals surface area contributed by atoms with E-state index in [1.807, 2.05) is 48.5 Å². The van der Waals surface area contributed by atoms with Gasteiger partial charge in [0.2, 0.25) is 5.91 Å². The summed E-state index contributed by atoms with van der Waals surface area (Å²) in [5, 5.41) is 13.6. The maximum atomic E-state index is 11.6. The standard InChI is InChI=1S/C23H22N4O5/c24-23(29)21-11-15(18-3-1-2-4-19(18)25-21)13-31-16-7-5-14(6-8-16)20-12-17(32-27-20)9-10-22(28)26-30/h1-8,11,17,30H,9-10,12-13H2,(H2,24,29)(H,26,28). The first kappa shape index (κ1) is 21.3. The van der Waals surface area contributed by atoms with E-state index in [0.29, 0.717) is 24.1 Å². The highest BCUT2D eigenvalue weighted by molar-refractivity contribution is 6.01. The average molecular weight is 434 g/mol. The van der Waals surface area contributed by atoms with Gasteiger partial charge < -0.3 is 15.3 Å². The zero-order valence-electron chi connectivity index (χ0n) is 17.2. The molecule has 0 aliphatic carbocycles. The molecule has 0 saturated carbocycles. The van der Waals surface area contributed by atoms with Crippen LogP contribution in [0.3, 0.4) is 0 Å². The largest absolute Gasteiger partial charge is 0.489 e. The summed E-state index contributed by atoms with van der Waals surface area (Å²) in [4.78, 5) is 32.4. The highest BCUT2D eigenvalue weighted by Gasteiger charge is 2.23. The van der Waals surface area contributed by atoms with Crippen LogP contribution in [-0.2, 0) is 16.2 Å². The molecule has 3 aromatic rings. The summed E-state index contributed by atoms with van der Waals surface area (Å²) in [6.07, 6.45) is 1.02. The maximum Gasteiger partial charge on any atom is 0.267 e. The summed E-state index contributed by atoms with van der Waals surface area (Å²) in [6, 6.07) is 16.6. The first-order chi connectivity index (χ1) is 15.5. The molecule has 32 heavy (non-hydrogen) atoms. The number of amides is 2. The molecule has 0 fully saturated rings. The summed E-state index contributed by atoms with van der Waals surface area (Å²) < 4.78 is 5.93. The quantitative estimate of drug-likeness (QED) is 0.368. The minimum Gasteiger partial charge on any atom is -0.489 e. The van der Waals surface area contributed by atoms with E-state index in [4.69, 9.17) is 20.5 Å². The van der Waals surface area contributed by atoms with Gasteiger partial charge in [0, 0.05) is 23.8 Å². The lowest BCUT2D eigenvalue weighted by Crippen LogP contribution is -2.20. The van der Waals surface area contributed by atoms with Crippen molar-refractivity contribution in [1.82, 2.24) is 10.5 Å². The van der Waals surface area contributed by atoms with Crippen molar-refractivity contribution in [3.8, 4) is 5.75 Å². The lowest BCUT2D eigenvalue weighted by Gasteiger charge is -2.11. The number of nitrogens with one attached hydrogen (secondary N) is 1. The molecular formula is C23H22N4O5. The van der Waals surface area contributed by atoms with E-state index < -0.39 is 11.8 Å². The number of nitrogens with two attached hydrogens (primary N) is 1. The Morgan fingerprint density at radius 2 is 1.97 bits per heavy atom. The third-order valence-electron chi connectivity index (χ3n) is 5.19. The Bertz CT molecular complexity index is 1180. The number of oxime groups is 1. The average Bonchev–Trinajstić information content (AvgIpc) is 3.30. The van der Waals surface area contributed by atoms with E-state index in [0.717, 1.165) is 22.2 Å². The third kappa shape index (κ3) is 4.84. The van der Waals surface area contributed by atoms with Gasteiger partial charge in [0.05, 0.1) is 11.2 Å². The number of para-hydroxylation sites is 1. The summed E-state index contributed by atoms with van der Waals surface area (Å²) in [7, 11) is 0. The van der Waals surface area contributed by atoms with Crippen LogP contribution in [0.25, 0.3) is 10.9 Å². The first-order valence-corrected chi connectivity index (χ1v) is 10.1. The van der Waals surface area contributed by atoms with E-state index in [1.165, 1.54) is 0 Å². The number of ether oxygens (including phenoxy) is 1. The van der Waals surface area contributed by atoms with Crippen LogP contribution < -0.4 is 16.0 Å². The minimum absolute atomic E-state index is 0.165. The molecule has 4 N–H and O–H groups in total. The molecule has 164 valence electrons. The SMILES string of the molecule is NC(=O)c1cc(COc2ccc(C3=NOC(CCC(=O)NO)C3)cc2)c2ccccc2n1. The molecule has 2 aromatic carbocycles. The van der Waals surface area contributed by atoms with Crippen molar-refractivity contribution in [3.63, 3.8) is 0 Å². The second-order valence-electron chi connectivity index (χ2n) is 7.40. The van der Waals surface area contributed by atoms with Gasteiger partial charge in [-0.25, -0.2) is 10.5 Å². The van der Waals surface area contributed by atoms with Crippen LogP contribution in [0, 0.1) is 0 Å². The van der Waals surface area contributed by atoms with Crippen molar-refractivity contribution < 1.29 is 24.4 Å². The van der Waals surface area contributed by atoms with Gasteiger partial charge in [0.25, 0.3) is 5.91 Å². The fourth-order valence-corrected chi connectivity index (χ4v) is 3.50. The zero-order valence-corrected chi connectivity index (χ0v) is 17.2. The number of hydrogen-bond acceptors (Lipinski definition) is 7. The molecule has 0 radical (unpaired) electrons. The molecule has 1 aromatic heterocycles. The van der Waals surface area contributed by atoms with E-state index in [-0.39, 0.29) is 24.8 Å². The van der Waals surface area contributed by atoms with Crippen LogP contribution in [0.2, 0.25) is 0 Å². The Morgan fingerprint density at radius 3 is 2.72 bits per heavy atom. The van der Waals surface area contributed by atoms with Crippen LogP contribution in [0.1, 0.15) is 40.9 Å². The van der Waals surface area contributed by atoms with Crippen molar-refractivity contribution in [3.05, 3.63) is 71.4 Å². The lowest BCUT2D eigenvalue weighted by molar-refractivity contribution is -0.129. The predicted octanol–water partition coefficient (Wildman–Crippen LogP) is 2.69. The number of hydrogen-bond donors (Lipinski definition) is 3. The normalized spacial score (nSPS) is 15.2. The molecule has 4 rings (SSSR count). The second kappa shape index (κ2) is 9.44. The zero-order chi connectivity index (χ0) is 22.5. The van der Waals surface area contributed by atoms with E-state index in [2.05, 4.69) is 10.1 Å². The van der Waals surface area contributed by atoms with Crippen molar-refractivity contribution in [1.29, 1.82) is 0 Å². The molecule has 9 heteroatoms. The van der Waals surface area contributed by atoms with Crippen molar-refractivity contribution in [2.24, 2.45) is 10.9 Å². The van der Waals surface area contributed by atoms with Crippen LogP contribution in [0.5, 0.6) is 5.75 Å². The van der Waals surface area contributed by atoms with Gasteiger partial charge in [-0.15, -0.1) is 0 Å². The number of fused-ring (bicyclic) bond motifs is 1. The first-order valence-electron chi connectivity index (χ1n) is 10.1. The molecular weight excluding hydrogens is 412 g/mol. The lowest BCUT2D eigenvalue weighted by atomic mass is 10.0. The Hall–Kier alpha value is -3.98. The molecule has 1 aliphatic rings. The summed E-state index contributed by atoms with van der Waals surface area (Å²) in [6.45, 7) is 0.252. The summed E-state index contributed by atoms with van der Waals surface area (Å²) in [5.41, 5.74) is 10.4. The van der Waals surface area contributed by atoms with E-state index >= 15 is 0 Å². The Labute approximate surface area is 183 Å². The van der Waals surface area contributed by atoms with Gasteiger partial charge in [-0.1, -0.05) is 23.4 Å². The fourth-order valence-electron chi connectivity index (χ4n) is 3.50. The fraction of sp³-hybridized carbons (Fsp3) is 0.217. The van der Waals surface area contributed by atoms with Crippen molar-refractivity contribution >= 4 is 28.4 Å². The molecule has 0 saturated heterocycles. The van der Waals surface area contributed by atoms with Crippen LogP contribution in [0.4, 0.5) is 0 Å². The Morgan fingerprint density at radius 1 is 1.19 bits per heavy atom. The smallest absolute Gasteiger partial charge is 0.267 e. The van der Waals surface area contributed by atoms with Crippen molar-refractivity contribution in [2.45, 2.75) is 32.0 Å². The molecule has 2 amide bonds. The van der Waals surface area contributed by atoms with Crippen molar-refractivity contribution in [2.75, 3.05) is 0 Å². The molecule has 9 nitrogen and oxygen atoms in total. The number of pyridine rings is 1. The number of rotatable bonds is 8. The number of nitrogens with zero attached hydrogens (tertiary/aromatic N) is 2. The van der Waals surface area contributed by atoms with Gasteiger partial charge in [0.15, 0.2) is 0 Å². The minimum atomic E-state index is -0.587. The van der Waals surface area contributed by atoms with E-state index in [9.17, 15) is 9.59 Å². The van der Waals surface area contributed by atoms with Gasteiger partial charge in [0.1, 0.15) is 24.2 Å². The Kier molecular flexibility index (Phi) is 6.27. The molecule has 0 spiro atoms. The van der Waals surface area contributed by atoms with Crippen LogP contribution in [-0.4, -0.2) is 33.8 Å². The number of carbonyl (C=O) groups excluding carboxylic acids is 2.